The minimum absolute atomic E-state index is 0.0133. The molecule has 3 rings (SSSR count). The van der Waals surface area contributed by atoms with Gasteiger partial charge >= 0.3 is 0 Å². The Morgan fingerprint density at radius 3 is 1.95 bits per heavy atom. The van der Waals surface area contributed by atoms with Crippen LogP contribution in [0.15, 0.2) is 83.8 Å². The van der Waals surface area contributed by atoms with E-state index in [1.807, 2.05) is 26.0 Å². The lowest BCUT2D eigenvalue weighted by Crippen LogP contribution is -2.52. The van der Waals surface area contributed by atoms with Crippen LogP contribution in [-0.4, -0.2) is 58.5 Å². The monoisotopic (exact) mass is 567 g/mol. The number of anilines is 1. The second-order valence-corrected chi connectivity index (χ2v) is 11.0. The van der Waals surface area contributed by atoms with Crippen molar-refractivity contribution in [2.75, 3.05) is 31.6 Å². The van der Waals surface area contributed by atoms with Crippen molar-refractivity contribution >= 4 is 27.5 Å². The Morgan fingerprint density at radius 1 is 0.850 bits per heavy atom. The Kier molecular flexibility index (Phi) is 11.0. The second-order valence-electron chi connectivity index (χ2n) is 9.11. The van der Waals surface area contributed by atoms with Crippen molar-refractivity contribution in [3.05, 3.63) is 84.4 Å². The van der Waals surface area contributed by atoms with Gasteiger partial charge in [0.1, 0.15) is 24.1 Å². The van der Waals surface area contributed by atoms with Gasteiger partial charge in [-0.3, -0.25) is 13.9 Å². The maximum atomic E-state index is 14.0. The van der Waals surface area contributed by atoms with Crippen LogP contribution in [0.4, 0.5) is 5.69 Å². The van der Waals surface area contributed by atoms with Crippen molar-refractivity contribution in [1.82, 2.24) is 10.2 Å². The molecule has 1 atom stereocenters. The number of rotatable bonds is 14. The van der Waals surface area contributed by atoms with Crippen LogP contribution in [0.1, 0.15) is 32.3 Å². The average Bonchev–Trinajstić information content (AvgIpc) is 2.99. The molecule has 0 spiro atoms. The third-order valence-corrected chi connectivity index (χ3v) is 8.21. The highest BCUT2D eigenvalue weighted by molar-refractivity contribution is 7.92. The lowest BCUT2D eigenvalue weighted by atomic mass is 10.1. The lowest BCUT2D eigenvalue weighted by Gasteiger charge is -2.33. The summed E-state index contributed by atoms with van der Waals surface area (Å²) in [6.45, 7) is 3.87. The van der Waals surface area contributed by atoms with Crippen LogP contribution in [0.5, 0.6) is 11.5 Å². The van der Waals surface area contributed by atoms with Gasteiger partial charge < -0.3 is 19.7 Å². The number of carbonyl (C=O) groups is 2. The summed E-state index contributed by atoms with van der Waals surface area (Å²) >= 11 is 0. The number of benzene rings is 3. The molecule has 0 saturated heterocycles. The summed E-state index contributed by atoms with van der Waals surface area (Å²) in [4.78, 5) is 28.6. The van der Waals surface area contributed by atoms with Gasteiger partial charge in [-0.25, -0.2) is 8.42 Å². The van der Waals surface area contributed by atoms with Crippen molar-refractivity contribution < 1.29 is 27.5 Å². The van der Waals surface area contributed by atoms with Crippen molar-refractivity contribution in [3.8, 4) is 11.5 Å². The molecular formula is C30H37N3O6S. The molecule has 0 aliphatic carbocycles. The maximum Gasteiger partial charge on any atom is 0.264 e. The van der Waals surface area contributed by atoms with E-state index in [1.54, 1.807) is 61.7 Å². The van der Waals surface area contributed by atoms with E-state index < -0.39 is 28.5 Å². The van der Waals surface area contributed by atoms with Crippen LogP contribution >= 0.6 is 0 Å². The molecule has 2 amide bonds. The van der Waals surface area contributed by atoms with Gasteiger partial charge in [-0.05, 0) is 66.9 Å². The Bertz CT molecular complexity index is 1350. The van der Waals surface area contributed by atoms with Gasteiger partial charge in [-0.2, -0.15) is 0 Å². The van der Waals surface area contributed by atoms with Crippen LogP contribution in [0.2, 0.25) is 0 Å². The van der Waals surface area contributed by atoms with Gasteiger partial charge in [0.25, 0.3) is 10.0 Å². The first-order chi connectivity index (χ1) is 19.2. The summed E-state index contributed by atoms with van der Waals surface area (Å²) < 4.78 is 39.2. The first kappa shape index (κ1) is 30.5. The summed E-state index contributed by atoms with van der Waals surface area (Å²) in [6, 6.07) is 20.8. The molecular weight excluding hydrogens is 530 g/mol. The number of sulfonamides is 1. The Hall–Kier alpha value is -4.05. The van der Waals surface area contributed by atoms with Crippen molar-refractivity contribution in [1.29, 1.82) is 0 Å². The van der Waals surface area contributed by atoms with E-state index in [-0.39, 0.29) is 17.3 Å². The fraction of sp³-hybridized carbons (Fsp3) is 0.333. The minimum atomic E-state index is -4.14. The van der Waals surface area contributed by atoms with Crippen LogP contribution in [0, 0.1) is 0 Å². The summed E-state index contributed by atoms with van der Waals surface area (Å²) in [5.41, 5.74) is 1.11. The third kappa shape index (κ3) is 7.53. The number of methoxy groups -OCH3 is 2. The van der Waals surface area contributed by atoms with Gasteiger partial charge in [0.15, 0.2) is 0 Å². The highest BCUT2D eigenvalue weighted by atomic mass is 32.2. The number of hydrogen-bond acceptors (Lipinski definition) is 6. The highest BCUT2D eigenvalue weighted by Gasteiger charge is 2.33. The van der Waals surface area contributed by atoms with Crippen LogP contribution < -0.4 is 19.1 Å². The molecule has 214 valence electrons. The number of amides is 2. The zero-order valence-electron chi connectivity index (χ0n) is 23.4. The van der Waals surface area contributed by atoms with Crippen LogP contribution in [-0.2, 0) is 26.2 Å². The molecule has 40 heavy (non-hydrogen) atoms. The second kappa shape index (κ2) is 14.4. The van der Waals surface area contributed by atoms with E-state index in [0.29, 0.717) is 30.2 Å². The Morgan fingerprint density at radius 2 is 1.43 bits per heavy atom. The van der Waals surface area contributed by atoms with E-state index in [9.17, 15) is 18.0 Å². The number of ether oxygens (including phenoxy) is 2. The van der Waals surface area contributed by atoms with Crippen molar-refractivity contribution in [2.24, 2.45) is 0 Å². The maximum absolute atomic E-state index is 14.0. The van der Waals surface area contributed by atoms with E-state index in [2.05, 4.69) is 5.32 Å². The zero-order valence-corrected chi connectivity index (χ0v) is 24.2. The SMILES string of the molecule is CCCNC(=O)C(CC)N(Cc1ccc(OC)cc1)C(=O)CN(c1ccccc1)S(=O)(=O)c1ccc(OC)cc1. The quantitative estimate of drug-likeness (QED) is 0.313. The van der Waals surface area contributed by atoms with E-state index >= 15 is 0 Å². The highest BCUT2D eigenvalue weighted by Crippen LogP contribution is 2.26. The number of nitrogens with one attached hydrogen (secondary N) is 1. The molecule has 10 heteroatoms. The van der Waals surface area contributed by atoms with Gasteiger partial charge in [-0.1, -0.05) is 44.2 Å². The fourth-order valence-corrected chi connectivity index (χ4v) is 5.63. The largest absolute Gasteiger partial charge is 0.497 e. The van der Waals surface area contributed by atoms with Crippen molar-refractivity contribution in [3.63, 3.8) is 0 Å². The standard InChI is InChI=1S/C30H37N3O6S/c1-5-20-31-30(35)28(6-2)32(21-23-12-14-25(38-3)15-13-23)29(34)22-33(24-10-8-7-9-11-24)40(36,37)27-18-16-26(39-4)17-19-27/h7-19,28H,5-6,20-22H2,1-4H3,(H,31,35). The summed E-state index contributed by atoms with van der Waals surface area (Å²) in [6.07, 6.45) is 1.10. The summed E-state index contributed by atoms with van der Waals surface area (Å²) in [5.74, 6) is 0.386. The van der Waals surface area contributed by atoms with Gasteiger partial charge in [0.2, 0.25) is 11.8 Å². The minimum Gasteiger partial charge on any atom is -0.497 e. The van der Waals surface area contributed by atoms with Gasteiger partial charge in [-0.15, -0.1) is 0 Å². The predicted octanol–water partition coefficient (Wildman–Crippen LogP) is 4.23. The first-order valence-corrected chi connectivity index (χ1v) is 14.6. The Labute approximate surface area is 236 Å². The predicted molar refractivity (Wildman–Crippen MR) is 155 cm³/mol. The molecule has 3 aromatic carbocycles. The molecule has 0 bridgehead atoms. The molecule has 0 heterocycles. The number of carbonyl (C=O) groups excluding carboxylic acids is 2. The van der Waals surface area contributed by atoms with E-state index in [1.165, 1.54) is 24.1 Å². The molecule has 0 fully saturated rings. The third-order valence-electron chi connectivity index (χ3n) is 6.42. The van der Waals surface area contributed by atoms with Crippen LogP contribution in [0.25, 0.3) is 0 Å². The smallest absolute Gasteiger partial charge is 0.264 e. The number of para-hydroxylation sites is 1. The Balaban J connectivity index is 2.01. The molecule has 0 radical (unpaired) electrons. The molecule has 0 aromatic heterocycles. The lowest BCUT2D eigenvalue weighted by molar-refractivity contribution is -0.140. The molecule has 9 nitrogen and oxygen atoms in total. The van der Waals surface area contributed by atoms with Gasteiger partial charge in [0.05, 0.1) is 24.8 Å². The van der Waals surface area contributed by atoms with Crippen molar-refractivity contribution in [2.45, 2.75) is 44.2 Å². The number of hydrogen-bond donors (Lipinski definition) is 1. The zero-order chi connectivity index (χ0) is 29.1. The van der Waals surface area contributed by atoms with Gasteiger partial charge in [0, 0.05) is 13.1 Å². The number of nitrogens with zero attached hydrogens (tertiary/aromatic N) is 2. The molecule has 1 unspecified atom stereocenters. The fourth-order valence-electron chi connectivity index (χ4n) is 4.21. The topological polar surface area (TPSA) is 105 Å². The molecule has 0 aliphatic heterocycles. The van der Waals surface area contributed by atoms with E-state index in [0.717, 1.165) is 16.3 Å². The first-order valence-electron chi connectivity index (χ1n) is 13.2. The summed E-state index contributed by atoms with van der Waals surface area (Å²) in [5, 5.41) is 2.88. The molecule has 0 saturated carbocycles. The van der Waals surface area contributed by atoms with E-state index in [4.69, 9.17) is 9.47 Å². The molecule has 0 aliphatic rings. The molecule has 1 N–H and O–H groups in total. The normalized spacial score (nSPS) is 11.8. The summed E-state index contributed by atoms with van der Waals surface area (Å²) in [7, 11) is -1.08. The van der Waals surface area contributed by atoms with Crippen LogP contribution in [0.3, 0.4) is 0 Å². The average molecular weight is 568 g/mol. The molecule has 3 aromatic rings.